The van der Waals surface area contributed by atoms with Gasteiger partial charge in [0.25, 0.3) is 5.96 Å². The van der Waals surface area contributed by atoms with Crippen LogP contribution in [-0.4, -0.2) is 77.3 Å². The number of nitro groups is 1. The third-order valence-corrected chi connectivity index (χ3v) is 5.37. The zero-order valence-electron chi connectivity index (χ0n) is 24.7. The number of nitrogens with two attached hydrogens (primary N) is 1. The normalized spacial score (nSPS) is 15.0. The van der Waals surface area contributed by atoms with Crippen LogP contribution < -0.4 is 21.8 Å². The van der Waals surface area contributed by atoms with Crippen molar-refractivity contribution < 1.29 is 38.8 Å². The van der Waals surface area contributed by atoms with Crippen LogP contribution in [0, 0.1) is 27.9 Å². The predicted octanol–water partition coefficient (Wildman–Crippen LogP) is 0.416. The lowest BCUT2D eigenvalue weighted by molar-refractivity contribution is -0.525. The Morgan fingerprint density at radius 1 is 0.975 bits per heavy atom. The van der Waals surface area contributed by atoms with Crippen LogP contribution in [0.15, 0.2) is 4.99 Å². The van der Waals surface area contributed by atoms with Gasteiger partial charge in [-0.2, -0.15) is 0 Å². The molecule has 0 spiro atoms. The second-order valence-corrected chi connectivity index (χ2v) is 11.3. The molecule has 0 saturated heterocycles. The number of aliphatic hydroxyl groups is 1. The number of nitrogens with zero attached hydrogens (tertiary/aromatic N) is 2. The summed E-state index contributed by atoms with van der Waals surface area (Å²) in [6.45, 7) is 12.4. The fourth-order valence-corrected chi connectivity index (χ4v) is 3.67. The van der Waals surface area contributed by atoms with Gasteiger partial charge < -0.3 is 30.9 Å². The van der Waals surface area contributed by atoms with Crippen molar-refractivity contribution in [3.05, 3.63) is 10.1 Å². The minimum atomic E-state index is -1.77. The van der Waals surface area contributed by atoms with Gasteiger partial charge in [-0.05, 0) is 58.3 Å². The van der Waals surface area contributed by atoms with Crippen LogP contribution in [0.25, 0.3) is 0 Å². The van der Waals surface area contributed by atoms with Crippen molar-refractivity contribution in [3.8, 4) is 0 Å². The minimum absolute atomic E-state index is 0.0241. The highest BCUT2D eigenvalue weighted by Crippen LogP contribution is 2.21. The number of hydrogen-bond donors (Lipinski definition) is 5. The molecule has 0 aromatic carbocycles. The van der Waals surface area contributed by atoms with Crippen molar-refractivity contribution in [2.75, 3.05) is 13.7 Å². The summed E-state index contributed by atoms with van der Waals surface area (Å²) in [6.07, 6.45) is -1.14. The summed E-state index contributed by atoms with van der Waals surface area (Å²) in [4.78, 5) is 65.4. The van der Waals surface area contributed by atoms with Gasteiger partial charge in [0.05, 0.1) is 13.0 Å². The molecule has 0 aromatic heterocycles. The number of hydrazine groups is 1. The average Bonchev–Trinajstić information content (AvgIpc) is 2.80. The van der Waals surface area contributed by atoms with Gasteiger partial charge in [-0.3, -0.25) is 14.4 Å². The molecule has 0 aliphatic rings. The Hall–Kier alpha value is -3.49. The van der Waals surface area contributed by atoms with Crippen molar-refractivity contribution in [2.45, 2.75) is 97.9 Å². The Bertz CT molecular complexity index is 902. The summed E-state index contributed by atoms with van der Waals surface area (Å²) < 4.78 is 10.2. The molecule has 4 atom stereocenters. The maximum Gasteiger partial charge on any atom is 0.328 e. The molecule has 0 fully saturated rings. The predicted molar refractivity (Wildman–Crippen MR) is 146 cm³/mol. The molecule has 0 aliphatic carbocycles. The molecule has 6 N–H and O–H groups in total. The Balaban J connectivity index is 5.61. The van der Waals surface area contributed by atoms with E-state index in [1.165, 1.54) is 0 Å². The number of esters is 2. The molecule has 0 aromatic rings. The lowest BCUT2D eigenvalue weighted by Crippen LogP contribution is -2.55. The number of guanidine groups is 1. The van der Waals surface area contributed by atoms with Crippen LogP contribution in [0.5, 0.6) is 0 Å². The standard InChI is InChI=1S/C25H46N6O9/c1-14(2)12-16(22(35)40-25(5,6)7)19(32)21(34)29-18(13-15(3)4)20(33)28-17(23(36)39-8)10-9-11-27-24(26)30-31(37)38/h14-19,32H,9-13H2,1-8H3,(H,28,33)(H,29,34)(H3,26,27,30)/t16-,17-,18-,19-/m0/s1. The van der Waals surface area contributed by atoms with Crippen LogP contribution in [-0.2, 0) is 28.7 Å². The minimum Gasteiger partial charge on any atom is -0.467 e. The maximum absolute atomic E-state index is 13.2. The van der Waals surface area contributed by atoms with Crippen molar-refractivity contribution in [1.29, 1.82) is 0 Å². The number of aliphatic imine (C=N–C) groups is 1. The number of carbonyl (C=O) groups excluding carboxylic acids is 4. The second kappa shape index (κ2) is 17.3. The number of aliphatic hydroxyl groups excluding tert-OH is 1. The maximum atomic E-state index is 13.2. The van der Waals surface area contributed by atoms with E-state index in [-0.39, 0.29) is 44.1 Å². The van der Waals surface area contributed by atoms with Gasteiger partial charge in [-0.1, -0.05) is 33.1 Å². The van der Waals surface area contributed by atoms with Crippen LogP contribution in [0.2, 0.25) is 0 Å². The molecule has 0 saturated carbocycles. The number of amides is 2. The van der Waals surface area contributed by atoms with E-state index in [2.05, 4.69) is 15.6 Å². The van der Waals surface area contributed by atoms with Gasteiger partial charge in [-0.25, -0.2) is 19.9 Å². The molecule has 40 heavy (non-hydrogen) atoms. The molecular formula is C25H46N6O9. The van der Waals surface area contributed by atoms with Crippen LogP contribution in [0.1, 0.15) is 74.1 Å². The van der Waals surface area contributed by atoms with E-state index in [4.69, 9.17) is 15.2 Å². The lowest BCUT2D eigenvalue weighted by atomic mass is 9.91. The fraction of sp³-hybridized carbons (Fsp3) is 0.800. The average molecular weight is 575 g/mol. The first-order valence-electron chi connectivity index (χ1n) is 13.2. The van der Waals surface area contributed by atoms with Gasteiger partial charge >= 0.3 is 11.9 Å². The van der Waals surface area contributed by atoms with E-state index in [1.807, 2.05) is 27.7 Å². The summed E-state index contributed by atoms with van der Waals surface area (Å²) in [6, 6.07) is -2.24. The third-order valence-electron chi connectivity index (χ3n) is 5.37. The molecule has 0 heterocycles. The molecule has 2 amide bonds. The van der Waals surface area contributed by atoms with Gasteiger partial charge in [0, 0.05) is 6.54 Å². The van der Waals surface area contributed by atoms with Crippen LogP contribution >= 0.6 is 0 Å². The SMILES string of the molecule is COC(=O)[C@H](CCCN=C(N)N[N+](=O)[O-])NC(=O)[C@H](CC(C)C)NC(=O)[C@@H](O)[C@H](CC(C)C)C(=O)OC(C)(C)C. The quantitative estimate of drug-likeness (QED) is 0.0424. The zero-order chi connectivity index (χ0) is 31.2. The molecule has 0 bridgehead atoms. The van der Waals surface area contributed by atoms with Crippen LogP contribution in [0.4, 0.5) is 0 Å². The van der Waals surface area contributed by atoms with E-state index in [0.29, 0.717) is 0 Å². The highest BCUT2D eigenvalue weighted by atomic mass is 16.7. The zero-order valence-corrected chi connectivity index (χ0v) is 24.7. The van der Waals surface area contributed by atoms with Gasteiger partial charge in [0.15, 0.2) is 5.03 Å². The van der Waals surface area contributed by atoms with Crippen molar-refractivity contribution >= 4 is 29.7 Å². The first-order chi connectivity index (χ1) is 18.4. The Morgan fingerprint density at radius 3 is 2.00 bits per heavy atom. The Morgan fingerprint density at radius 2 is 1.52 bits per heavy atom. The van der Waals surface area contributed by atoms with Gasteiger partial charge in [0.1, 0.15) is 23.8 Å². The Kier molecular flexibility index (Phi) is 15.7. The second-order valence-electron chi connectivity index (χ2n) is 11.3. The smallest absolute Gasteiger partial charge is 0.328 e. The largest absolute Gasteiger partial charge is 0.467 e. The highest BCUT2D eigenvalue weighted by molar-refractivity contribution is 5.93. The molecule has 0 rings (SSSR count). The van der Waals surface area contributed by atoms with E-state index < -0.39 is 64.5 Å². The Labute approximate surface area is 235 Å². The molecule has 15 nitrogen and oxygen atoms in total. The summed E-state index contributed by atoms with van der Waals surface area (Å²) >= 11 is 0. The number of hydrogen-bond acceptors (Lipinski definition) is 10. The van der Waals surface area contributed by atoms with E-state index in [9.17, 15) is 34.4 Å². The number of carbonyl (C=O) groups is 4. The summed E-state index contributed by atoms with van der Waals surface area (Å²) in [7, 11) is 1.15. The number of ether oxygens (including phenoxy) is 2. The first-order valence-corrected chi connectivity index (χ1v) is 13.2. The number of methoxy groups -OCH3 is 1. The topological polar surface area (TPSA) is 225 Å². The summed E-state index contributed by atoms with van der Waals surface area (Å²) in [5.41, 5.74) is 6.22. The van der Waals surface area contributed by atoms with E-state index >= 15 is 0 Å². The lowest BCUT2D eigenvalue weighted by Gasteiger charge is -2.29. The molecular weight excluding hydrogens is 528 g/mol. The highest BCUT2D eigenvalue weighted by Gasteiger charge is 2.37. The molecule has 0 unspecified atom stereocenters. The van der Waals surface area contributed by atoms with Gasteiger partial charge in [0.2, 0.25) is 11.8 Å². The van der Waals surface area contributed by atoms with Gasteiger partial charge in [-0.15, -0.1) is 0 Å². The molecule has 0 aliphatic heterocycles. The third kappa shape index (κ3) is 15.2. The monoisotopic (exact) mass is 574 g/mol. The van der Waals surface area contributed by atoms with E-state index in [1.54, 1.807) is 26.2 Å². The van der Waals surface area contributed by atoms with Crippen molar-refractivity contribution in [3.63, 3.8) is 0 Å². The van der Waals surface area contributed by atoms with Crippen LogP contribution in [0.3, 0.4) is 0 Å². The molecule has 230 valence electrons. The van der Waals surface area contributed by atoms with Crippen molar-refractivity contribution in [2.24, 2.45) is 28.5 Å². The number of rotatable bonds is 16. The summed E-state index contributed by atoms with van der Waals surface area (Å²) in [5, 5.41) is 25.4. The summed E-state index contributed by atoms with van der Waals surface area (Å²) in [5.74, 6) is -4.75. The molecule has 0 radical (unpaired) electrons. The first kappa shape index (κ1) is 36.5. The fourth-order valence-electron chi connectivity index (χ4n) is 3.67. The van der Waals surface area contributed by atoms with Crippen molar-refractivity contribution in [1.82, 2.24) is 16.1 Å². The number of nitrogens with one attached hydrogen (secondary N) is 3. The van der Waals surface area contributed by atoms with E-state index in [0.717, 1.165) is 7.11 Å². The molecule has 15 heteroatoms.